The third-order valence-corrected chi connectivity index (χ3v) is 4.96. The van der Waals surface area contributed by atoms with Crippen molar-refractivity contribution in [3.63, 3.8) is 0 Å². The maximum atomic E-state index is 13.7. The number of amides is 1. The highest BCUT2D eigenvalue weighted by atomic mass is 32.1. The van der Waals surface area contributed by atoms with Crippen LogP contribution in [0.15, 0.2) is 59.2 Å². The zero-order chi connectivity index (χ0) is 19.0. The number of furan rings is 1. The number of nitrogens with one attached hydrogen (secondary N) is 1. The van der Waals surface area contributed by atoms with Crippen molar-refractivity contribution >= 4 is 22.2 Å². The zero-order valence-corrected chi connectivity index (χ0v) is 14.9. The van der Waals surface area contributed by atoms with E-state index >= 15 is 0 Å². The number of hydrogen-bond acceptors (Lipinski definition) is 4. The first-order chi connectivity index (χ1) is 13.0. The molecule has 0 aliphatic carbocycles. The van der Waals surface area contributed by atoms with Crippen molar-refractivity contribution in [2.75, 3.05) is 5.32 Å². The molecule has 0 aliphatic heterocycles. The van der Waals surface area contributed by atoms with E-state index in [0.29, 0.717) is 16.5 Å². The van der Waals surface area contributed by atoms with Gasteiger partial charge in [-0.3, -0.25) is 9.48 Å². The summed E-state index contributed by atoms with van der Waals surface area (Å²) in [6.45, 7) is 0. The van der Waals surface area contributed by atoms with Crippen LogP contribution in [0, 0.1) is 11.6 Å². The standard InChI is InChI=1S/C19H13F2N3O2S/c1-24-14(10-13(23-24)15-6-3-9-26-15)16-7-8-17(27-16)22-19(25)18-11(20)4-2-5-12(18)21/h2-10H,1H3,(H,22,25). The van der Waals surface area contributed by atoms with Gasteiger partial charge in [-0.25, -0.2) is 8.78 Å². The average Bonchev–Trinajstić information content (AvgIpc) is 3.35. The van der Waals surface area contributed by atoms with Gasteiger partial charge in [0.1, 0.15) is 22.9 Å². The normalized spacial score (nSPS) is 10.9. The SMILES string of the molecule is Cn1nc(-c2ccco2)cc1-c1ccc(NC(=O)c2c(F)cccc2F)s1. The number of halogens is 2. The zero-order valence-electron chi connectivity index (χ0n) is 14.1. The Morgan fingerprint density at radius 1 is 1.15 bits per heavy atom. The van der Waals surface area contributed by atoms with Gasteiger partial charge in [0, 0.05) is 7.05 Å². The Morgan fingerprint density at radius 2 is 1.93 bits per heavy atom. The Kier molecular flexibility index (Phi) is 4.33. The molecule has 0 spiro atoms. The second kappa shape index (κ2) is 6.81. The van der Waals surface area contributed by atoms with Gasteiger partial charge in [-0.05, 0) is 42.5 Å². The molecule has 1 amide bonds. The van der Waals surface area contributed by atoms with E-state index < -0.39 is 23.1 Å². The van der Waals surface area contributed by atoms with Crippen LogP contribution in [0.5, 0.6) is 0 Å². The first kappa shape index (κ1) is 17.2. The lowest BCUT2D eigenvalue weighted by Gasteiger charge is -2.04. The van der Waals surface area contributed by atoms with Gasteiger partial charge in [-0.15, -0.1) is 11.3 Å². The number of carbonyl (C=O) groups is 1. The number of hydrogen-bond donors (Lipinski definition) is 1. The average molecular weight is 385 g/mol. The van der Waals surface area contributed by atoms with Gasteiger partial charge in [0.2, 0.25) is 0 Å². The summed E-state index contributed by atoms with van der Waals surface area (Å²) in [4.78, 5) is 13.1. The molecule has 3 heterocycles. The lowest BCUT2D eigenvalue weighted by Crippen LogP contribution is -2.14. The van der Waals surface area contributed by atoms with Crippen molar-refractivity contribution in [3.8, 4) is 22.0 Å². The van der Waals surface area contributed by atoms with E-state index in [0.717, 1.165) is 22.7 Å². The first-order valence-corrected chi connectivity index (χ1v) is 8.78. The van der Waals surface area contributed by atoms with Crippen molar-refractivity contribution in [1.29, 1.82) is 0 Å². The van der Waals surface area contributed by atoms with Crippen LogP contribution in [-0.4, -0.2) is 15.7 Å². The van der Waals surface area contributed by atoms with E-state index in [1.54, 1.807) is 36.2 Å². The maximum Gasteiger partial charge on any atom is 0.262 e. The maximum absolute atomic E-state index is 13.7. The number of carbonyl (C=O) groups excluding carboxylic acids is 1. The van der Waals surface area contributed by atoms with Gasteiger partial charge in [-0.1, -0.05) is 6.07 Å². The Bertz CT molecular complexity index is 1100. The van der Waals surface area contributed by atoms with Gasteiger partial charge >= 0.3 is 0 Å². The van der Waals surface area contributed by atoms with Crippen LogP contribution in [0.3, 0.4) is 0 Å². The quantitative estimate of drug-likeness (QED) is 0.541. The van der Waals surface area contributed by atoms with Gasteiger partial charge in [-0.2, -0.15) is 5.10 Å². The molecule has 0 fully saturated rings. The minimum atomic E-state index is -0.904. The monoisotopic (exact) mass is 385 g/mol. The van der Waals surface area contributed by atoms with Crippen molar-refractivity contribution in [2.24, 2.45) is 7.05 Å². The van der Waals surface area contributed by atoms with E-state index in [2.05, 4.69) is 10.4 Å². The molecule has 136 valence electrons. The van der Waals surface area contributed by atoms with Crippen LogP contribution in [0.25, 0.3) is 22.0 Å². The molecule has 0 bridgehead atoms. The second-order valence-electron chi connectivity index (χ2n) is 5.73. The topological polar surface area (TPSA) is 60.1 Å². The van der Waals surface area contributed by atoms with E-state index in [1.807, 2.05) is 12.1 Å². The number of benzene rings is 1. The molecule has 0 atom stereocenters. The predicted octanol–water partition coefficient (Wildman–Crippen LogP) is 4.94. The van der Waals surface area contributed by atoms with E-state index in [4.69, 9.17) is 4.42 Å². The van der Waals surface area contributed by atoms with E-state index in [-0.39, 0.29) is 0 Å². The van der Waals surface area contributed by atoms with E-state index in [9.17, 15) is 13.6 Å². The van der Waals surface area contributed by atoms with Gasteiger partial charge in [0.05, 0.1) is 21.8 Å². The summed E-state index contributed by atoms with van der Waals surface area (Å²) in [5, 5.41) is 7.42. The van der Waals surface area contributed by atoms with E-state index in [1.165, 1.54) is 17.4 Å². The van der Waals surface area contributed by atoms with Crippen LogP contribution < -0.4 is 5.32 Å². The number of nitrogens with zero attached hydrogens (tertiary/aromatic N) is 2. The molecular weight excluding hydrogens is 372 g/mol. The van der Waals surface area contributed by atoms with Crippen LogP contribution in [0.1, 0.15) is 10.4 Å². The van der Waals surface area contributed by atoms with Gasteiger partial charge < -0.3 is 9.73 Å². The summed E-state index contributed by atoms with van der Waals surface area (Å²) in [6.07, 6.45) is 1.57. The smallest absolute Gasteiger partial charge is 0.262 e. The summed E-state index contributed by atoms with van der Waals surface area (Å²) in [6, 6.07) is 12.3. The van der Waals surface area contributed by atoms with Gasteiger partial charge in [0.25, 0.3) is 5.91 Å². The highest BCUT2D eigenvalue weighted by molar-refractivity contribution is 7.19. The Morgan fingerprint density at radius 3 is 2.63 bits per heavy atom. The van der Waals surface area contributed by atoms with Crippen molar-refractivity contribution in [1.82, 2.24) is 9.78 Å². The molecule has 0 aliphatic rings. The molecule has 3 aromatic heterocycles. The molecule has 5 nitrogen and oxygen atoms in total. The largest absolute Gasteiger partial charge is 0.463 e. The van der Waals surface area contributed by atoms with Crippen molar-refractivity contribution < 1.29 is 18.0 Å². The highest BCUT2D eigenvalue weighted by Gasteiger charge is 2.18. The first-order valence-electron chi connectivity index (χ1n) is 7.96. The minimum Gasteiger partial charge on any atom is -0.463 e. The molecule has 1 aromatic carbocycles. The molecule has 0 saturated heterocycles. The Labute approximate surface area is 156 Å². The van der Waals surface area contributed by atoms with Gasteiger partial charge in [0.15, 0.2) is 5.76 Å². The number of anilines is 1. The van der Waals surface area contributed by atoms with Crippen LogP contribution in [0.2, 0.25) is 0 Å². The molecule has 1 N–H and O–H groups in total. The van der Waals surface area contributed by atoms with Crippen LogP contribution >= 0.6 is 11.3 Å². The lowest BCUT2D eigenvalue weighted by atomic mass is 10.2. The summed E-state index contributed by atoms with van der Waals surface area (Å²) in [5.74, 6) is -1.99. The molecule has 0 radical (unpaired) electrons. The molecule has 4 aromatic rings. The second-order valence-corrected chi connectivity index (χ2v) is 6.81. The fraction of sp³-hybridized carbons (Fsp3) is 0.0526. The summed E-state index contributed by atoms with van der Waals surface area (Å²) < 4.78 is 34.5. The van der Waals surface area contributed by atoms with Crippen molar-refractivity contribution in [3.05, 3.63) is 72.0 Å². The van der Waals surface area contributed by atoms with Crippen LogP contribution in [0.4, 0.5) is 13.8 Å². The predicted molar refractivity (Wildman–Crippen MR) is 98.5 cm³/mol. The third-order valence-electron chi connectivity index (χ3n) is 3.94. The van der Waals surface area contributed by atoms with Crippen molar-refractivity contribution in [2.45, 2.75) is 0 Å². The molecule has 8 heteroatoms. The summed E-state index contributed by atoms with van der Waals surface area (Å²) >= 11 is 1.28. The number of aromatic nitrogens is 2. The van der Waals surface area contributed by atoms with Crippen LogP contribution in [-0.2, 0) is 7.05 Å². The third kappa shape index (κ3) is 3.26. The number of thiophene rings is 1. The highest BCUT2D eigenvalue weighted by Crippen LogP contribution is 2.33. The summed E-state index contributed by atoms with van der Waals surface area (Å²) in [5.41, 5.74) is 0.905. The Balaban J connectivity index is 1.58. The molecule has 0 saturated carbocycles. The molecule has 4 rings (SSSR count). The molecule has 0 unspecified atom stereocenters. The molecular formula is C19H13F2N3O2S. The summed E-state index contributed by atoms with van der Waals surface area (Å²) in [7, 11) is 1.80. The fourth-order valence-corrected chi connectivity index (χ4v) is 3.62. The fourth-order valence-electron chi connectivity index (χ4n) is 2.67. The Hall–Kier alpha value is -3.26. The molecule has 27 heavy (non-hydrogen) atoms. The number of rotatable bonds is 4. The minimum absolute atomic E-state index is 0.471. The number of aryl methyl sites for hydroxylation is 1. The lowest BCUT2D eigenvalue weighted by molar-refractivity contribution is 0.101.